The van der Waals surface area contributed by atoms with E-state index in [0.29, 0.717) is 0 Å². The minimum atomic E-state index is -1.41. The van der Waals surface area contributed by atoms with Gasteiger partial charge in [0.25, 0.3) is 0 Å². The van der Waals surface area contributed by atoms with Gasteiger partial charge in [0.2, 0.25) is 0 Å². The lowest BCUT2D eigenvalue weighted by Crippen LogP contribution is -2.65. The average Bonchev–Trinajstić information content (AvgIpc) is 2.97. The van der Waals surface area contributed by atoms with E-state index in [1.54, 1.807) is 48.6 Å². The Morgan fingerprint density at radius 3 is 0.951 bits per heavy atom. The Kier molecular flexibility index (Phi) is 18.6. The quantitative estimate of drug-likeness (QED) is 0.0972. The molecule has 0 fully saturated rings. The molecule has 0 rings (SSSR count). The fourth-order valence-electron chi connectivity index (χ4n) is 5.87. The molecule has 0 heterocycles. The maximum atomic E-state index is 11.0. The molecule has 0 amide bonds. The molecule has 0 aromatic rings. The zero-order chi connectivity index (χ0) is 31.4. The van der Waals surface area contributed by atoms with Crippen LogP contribution in [0, 0.1) is 10.8 Å². The number of aliphatic hydroxyl groups excluding tert-OH is 4. The monoisotopic (exact) mass is 574 g/mol. The fourth-order valence-corrected chi connectivity index (χ4v) is 5.87. The highest BCUT2D eigenvalue weighted by atomic mass is 16.5. The van der Waals surface area contributed by atoms with Gasteiger partial charge in [0.1, 0.15) is 0 Å². The van der Waals surface area contributed by atoms with Gasteiger partial charge in [-0.25, -0.2) is 0 Å². The zero-order valence-electron chi connectivity index (χ0n) is 24.9. The minimum Gasteiger partial charge on any atom is -0.395 e. The Balaban J connectivity index is 7.53. The van der Waals surface area contributed by atoms with Crippen molar-refractivity contribution in [1.29, 1.82) is 0 Å². The van der Waals surface area contributed by atoms with Gasteiger partial charge in [-0.15, -0.1) is 52.6 Å². The SMILES string of the molecule is C=CCOC(CC=C)(CC=C)C(CO)(CO)C(CC=C)OC(CC=C)C(CO)(CO)C(CC=C)(CC=C)OCC=C. The second-order valence-corrected chi connectivity index (χ2v) is 10.3. The molecule has 2 atom stereocenters. The van der Waals surface area contributed by atoms with Crippen molar-refractivity contribution in [3.8, 4) is 0 Å². The molecule has 232 valence electrons. The van der Waals surface area contributed by atoms with Crippen LogP contribution in [0.1, 0.15) is 38.5 Å². The topological polar surface area (TPSA) is 109 Å². The predicted octanol–water partition coefficient (Wildman–Crippen LogP) is 5.02. The van der Waals surface area contributed by atoms with E-state index in [1.807, 2.05) is 0 Å². The van der Waals surface area contributed by atoms with E-state index < -0.39 is 60.7 Å². The van der Waals surface area contributed by atoms with Crippen LogP contribution in [0.2, 0.25) is 0 Å². The van der Waals surface area contributed by atoms with Crippen molar-refractivity contribution < 1.29 is 34.6 Å². The molecule has 7 nitrogen and oxygen atoms in total. The molecule has 0 saturated carbocycles. The van der Waals surface area contributed by atoms with Gasteiger partial charge in [0.05, 0.1) is 73.9 Å². The maximum Gasteiger partial charge on any atom is 0.0880 e. The molecule has 0 aliphatic carbocycles. The lowest BCUT2D eigenvalue weighted by atomic mass is 9.63. The number of rotatable bonds is 28. The Hall–Kier alpha value is -2.36. The summed E-state index contributed by atoms with van der Waals surface area (Å²) in [5.74, 6) is 0. The van der Waals surface area contributed by atoms with E-state index in [-0.39, 0.29) is 51.7 Å². The largest absolute Gasteiger partial charge is 0.395 e. The first-order chi connectivity index (χ1) is 19.7. The molecule has 7 heteroatoms. The fraction of sp³-hybridized carbons (Fsp3) is 0.529. The van der Waals surface area contributed by atoms with Crippen LogP contribution < -0.4 is 0 Å². The van der Waals surface area contributed by atoms with E-state index in [0.717, 1.165) is 0 Å². The van der Waals surface area contributed by atoms with Crippen LogP contribution in [-0.2, 0) is 14.2 Å². The smallest absolute Gasteiger partial charge is 0.0880 e. The summed E-state index contributed by atoms with van der Waals surface area (Å²) >= 11 is 0. The molecule has 0 aliphatic rings. The molecule has 0 bridgehead atoms. The maximum absolute atomic E-state index is 11.0. The average molecular weight is 575 g/mol. The van der Waals surface area contributed by atoms with Crippen molar-refractivity contribution in [3.05, 3.63) is 101 Å². The molecule has 41 heavy (non-hydrogen) atoms. The number of hydrogen-bond donors (Lipinski definition) is 4. The van der Waals surface area contributed by atoms with E-state index >= 15 is 0 Å². The highest BCUT2D eigenvalue weighted by molar-refractivity contribution is 5.14. The normalized spacial score (nSPS) is 14.0. The summed E-state index contributed by atoms with van der Waals surface area (Å²) in [4.78, 5) is 0. The van der Waals surface area contributed by atoms with Gasteiger partial charge < -0.3 is 34.6 Å². The number of aliphatic hydroxyl groups is 4. The van der Waals surface area contributed by atoms with E-state index in [1.165, 1.54) is 0 Å². The standard InChI is InChI=1S/C34H54O7/c1-9-17-29(31(25-35,26-36)33(19-11-3,20-12-4)39-23-15-7)41-30(18-10-2)32(27-37,28-38)34(21-13-5,22-14-6)40-24-16-8/h9-16,29-30,35-38H,1-8,17-28H2. The molecule has 0 aliphatic heterocycles. The first-order valence-electron chi connectivity index (χ1n) is 14.0. The van der Waals surface area contributed by atoms with Gasteiger partial charge in [-0.05, 0) is 38.5 Å². The van der Waals surface area contributed by atoms with Crippen LogP contribution in [0.5, 0.6) is 0 Å². The van der Waals surface area contributed by atoms with Crippen LogP contribution in [0.3, 0.4) is 0 Å². The minimum absolute atomic E-state index is 0.134. The first-order valence-corrected chi connectivity index (χ1v) is 14.0. The molecular formula is C34H54O7. The van der Waals surface area contributed by atoms with Gasteiger partial charge in [-0.1, -0.05) is 48.6 Å². The summed E-state index contributed by atoms with van der Waals surface area (Å²) < 4.78 is 19.5. The van der Waals surface area contributed by atoms with Crippen molar-refractivity contribution in [2.75, 3.05) is 39.6 Å². The van der Waals surface area contributed by atoms with Crippen LogP contribution in [0.4, 0.5) is 0 Å². The summed E-state index contributed by atoms with van der Waals surface area (Å²) in [6.45, 7) is 29.1. The van der Waals surface area contributed by atoms with Crippen molar-refractivity contribution in [2.45, 2.75) is 61.9 Å². The van der Waals surface area contributed by atoms with Gasteiger partial charge in [-0.3, -0.25) is 0 Å². The van der Waals surface area contributed by atoms with Crippen LogP contribution in [-0.4, -0.2) is 83.5 Å². The number of hydrogen-bond acceptors (Lipinski definition) is 7. The number of ether oxygens (including phenoxy) is 3. The van der Waals surface area contributed by atoms with Gasteiger partial charge >= 0.3 is 0 Å². The molecule has 0 radical (unpaired) electrons. The van der Waals surface area contributed by atoms with Crippen LogP contribution in [0.15, 0.2) is 101 Å². The van der Waals surface area contributed by atoms with Gasteiger partial charge in [-0.2, -0.15) is 0 Å². The highest BCUT2D eigenvalue weighted by Crippen LogP contribution is 2.50. The highest BCUT2D eigenvalue weighted by Gasteiger charge is 2.60. The van der Waals surface area contributed by atoms with Crippen molar-refractivity contribution >= 4 is 0 Å². The molecule has 0 aromatic heterocycles. The van der Waals surface area contributed by atoms with Gasteiger partial charge in [0.15, 0.2) is 0 Å². The lowest BCUT2D eigenvalue weighted by molar-refractivity contribution is -0.263. The third-order valence-electron chi connectivity index (χ3n) is 8.12. The Morgan fingerprint density at radius 1 is 0.463 bits per heavy atom. The molecule has 0 spiro atoms. The summed E-state index contributed by atoms with van der Waals surface area (Å²) in [7, 11) is 0. The van der Waals surface area contributed by atoms with E-state index in [9.17, 15) is 20.4 Å². The Bertz CT molecular complexity index is 750. The van der Waals surface area contributed by atoms with Crippen LogP contribution in [0.25, 0.3) is 0 Å². The second kappa shape index (κ2) is 19.7. The molecule has 0 aromatic carbocycles. The molecule has 2 unspecified atom stereocenters. The van der Waals surface area contributed by atoms with Crippen molar-refractivity contribution in [3.63, 3.8) is 0 Å². The summed E-state index contributed by atoms with van der Waals surface area (Å²) in [6.07, 6.45) is 12.6. The first kappa shape index (κ1) is 38.6. The summed E-state index contributed by atoms with van der Waals surface area (Å²) in [5.41, 5.74) is -5.21. The van der Waals surface area contributed by atoms with E-state index in [2.05, 4.69) is 52.6 Å². The third-order valence-corrected chi connectivity index (χ3v) is 8.12. The molecule has 4 N–H and O–H groups in total. The predicted molar refractivity (Wildman–Crippen MR) is 169 cm³/mol. The Morgan fingerprint density at radius 2 is 0.756 bits per heavy atom. The second-order valence-electron chi connectivity index (χ2n) is 10.3. The zero-order valence-corrected chi connectivity index (χ0v) is 24.9. The molecular weight excluding hydrogens is 520 g/mol. The summed E-state index contributed by atoms with van der Waals surface area (Å²) in [6, 6.07) is 0. The third kappa shape index (κ3) is 8.36. The molecule has 0 saturated heterocycles. The Labute approximate surface area is 248 Å². The van der Waals surface area contributed by atoms with Gasteiger partial charge in [0, 0.05) is 0 Å². The lowest BCUT2D eigenvalue weighted by Gasteiger charge is -2.56. The van der Waals surface area contributed by atoms with Crippen molar-refractivity contribution in [1.82, 2.24) is 0 Å². The van der Waals surface area contributed by atoms with Crippen molar-refractivity contribution in [2.24, 2.45) is 10.8 Å². The van der Waals surface area contributed by atoms with E-state index in [4.69, 9.17) is 14.2 Å². The van der Waals surface area contributed by atoms with Crippen LogP contribution >= 0.6 is 0 Å². The summed E-state index contributed by atoms with van der Waals surface area (Å²) in [5, 5.41) is 44.1.